The molecule has 0 fully saturated rings. The Kier molecular flexibility index (Phi) is 10.7. The Balaban J connectivity index is 2.99. The van der Waals surface area contributed by atoms with Crippen LogP contribution in [-0.4, -0.2) is 11.7 Å². The molecule has 0 aliphatic carbocycles. The molecule has 0 atom stereocenters. The van der Waals surface area contributed by atoms with E-state index in [1.54, 1.807) is 0 Å². The summed E-state index contributed by atoms with van der Waals surface area (Å²) in [4.78, 5) is 0. The molecule has 15 heavy (non-hydrogen) atoms. The minimum absolute atomic E-state index is 0.282. The highest BCUT2D eigenvalue weighted by Crippen LogP contribution is 2.11. The third-order valence-corrected chi connectivity index (χ3v) is 2.89. The molecule has 0 aromatic rings. The number of rotatable bonds is 12. The topological polar surface area (TPSA) is 20.2 Å². The molecular formula is C14H30O. The van der Waals surface area contributed by atoms with Crippen molar-refractivity contribution < 1.29 is 7.85 Å². The lowest BCUT2D eigenvalue weighted by molar-refractivity contribution is 0.282. The molecule has 0 radical (unpaired) electrons. The summed E-state index contributed by atoms with van der Waals surface area (Å²) in [5, 5.41) is 8.89. The van der Waals surface area contributed by atoms with Crippen LogP contribution in [0.3, 0.4) is 0 Å². The minimum atomic E-state index is -1.96. The van der Waals surface area contributed by atoms with Crippen molar-refractivity contribution in [3.8, 4) is 0 Å². The van der Waals surface area contributed by atoms with Crippen LogP contribution in [0.4, 0.5) is 0 Å². The van der Waals surface area contributed by atoms with Crippen molar-refractivity contribution >= 4 is 0 Å². The van der Waals surface area contributed by atoms with Gasteiger partial charge in [0.2, 0.25) is 0 Å². The second-order valence-electron chi connectivity index (χ2n) is 4.44. The second kappa shape index (κ2) is 14.0. The van der Waals surface area contributed by atoms with Gasteiger partial charge in [0.15, 0.2) is 0 Å². The van der Waals surface area contributed by atoms with E-state index in [1.165, 1.54) is 57.8 Å². The van der Waals surface area contributed by atoms with Crippen LogP contribution in [0.5, 0.6) is 0 Å². The van der Waals surface area contributed by atoms with Crippen LogP contribution in [0.25, 0.3) is 0 Å². The largest absolute Gasteiger partial charge is 0.396 e. The van der Waals surface area contributed by atoms with E-state index in [0.29, 0.717) is 0 Å². The molecule has 0 aromatic carbocycles. The molecule has 0 aromatic heterocycles. The van der Waals surface area contributed by atoms with E-state index in [0.717, 1.165) is 12.8 Å². The van der Waals surface area contributed by atoms with Gasteiger partial charge in [0.1, 0.15) is 0 Å². The molecule has 0 bridgehead atoms. The normalized spacial score (nSPS) is 13.7. The zero-order chi connectivity index (χ0) is 13.0. The molecule has 0 spiro atoms. The first kappa shape index (κ1) is 11.4. The second-order valence-corrected chi connectivity index (χ2v) is 4.44. The van der Waals surface area contributed by atoms with Crippen LogP contribution in [0.15, 0.2) is 0 Å². The van der Waals surface area contributed by atoms with Gasteiger partial charge in [-0.2, -0.15) is 0 Å². The van der Waals surface area contributed by atoms with Crippen molar-refractivity contribution in [2.24, 2.45) is 0 Å². The van der Waals surface area contributed by atoms with Crippen LogP contribution >= 0.6 is 0 Å². The van der Waals surface area contributed by atoms with Crippen molar-refractivity contribution in [3.05, 3.63) is 0 Å². The van der Waals surface area contributed by atoms with E-state index < -0.39 is 6.56 Å². The summed E-state index contributed by atoms with van der Waals surface area (Å²) in [6, 6.07) is 0. The van der Waals surface area contributed by atoms with Crippen LogP contribution < -0.4 is 0 Å². The molecule has 0 heterocycles. The summed E-state index contributed by atoms with van der Waals surface area (Å²) in [6.07, 6.45) is 14.1. The predicted molar refractivity (Wildman–Crippen MR) is 68.2 cm³/mol. The summed E-state index contributed by atoms with van der Waals surface area (Å²) >= 11 is 0. The third kappa shape index (κ3) is 14.0. The molecule has 0 saturated heterocycles. The number of unbranched alkanes of at least 4 members (excludes halogenated alkanes) is 10. The van der Waals surface area contributed by atoms with Gasteiger partial charge in [-0.15, -0.1) is 0 Å². The van der Waals surface area contributed by atoms with E-state index in [9.17, 15) is 0 Å². The molecule has 0 rings (SSSR count). The van der Waals surface area contributed by atoms with Gasteiger partial charge < -0.3 is 5.11 Å². The summed E-state index contributed by atoms with van der Waals surface area (Å²) in [7, 11) is 0. The Morgan fingerprint density at radius 3 is 1.33 bits per heavy atom. The van der Waals surface area contributed by atoms with Gasteiger partial charge in [0.05, 0.1) is 2.74 Å². The van der Waals surface area contributed by atoms with Crippen molar-refractivity contribution in [3.63, 3.8) is 0 Å². The fourth-order valence-electron chi connectivity index (χ4n) is 1.87. The molecule has 0 saturated carbocycles. The average Bonchev–Trinajstić information content (AvgIpc) is 2.24. The van der Waals surface area contributed by atoms with Gasteiger partial charge in [0, 0.05) is 6.56 Å². The monoisotopic (exact) mass is 216 g/mol. The standard InChI is InChI=1S/C14H30O/c1-2-3-4-5-6-7-8-9-10-11-12-13-14-15/h15H,2-14H2,1H3/i14D2. The first-order valence-corrected chi connectivity index (χ1v) is 6.78. The lowest BCUT2D eigenvalue weighted by Gasteiger charge is -2.01. The van der Waals surface area contributed by atoms with Crippen molar-refractivity contribution in [2.45, 2.75) is 84.0 Å². The van der Waals surface area contributed by atoms with Crippen molar-refractivity contribution in [2.75, 3.05) is 6.56 Å². The number of aliphatic hydroxyl groups is 1. The maximum Gasteiger partial charge on any atom is 0.0564 e. The highest BCUT2D eigenvalue weighted by Gasteiger charge is 1.92. The summed E-state index contributed by atoms with van der Waals surface area (Å²) in [5.41, 5.74) is 0. The predicted octanol–water partition coefficient (Wildman–Crippen LogP) is 4.68. The molecule has 0 amide bonds. The molecule has 92 valence electrons. The van der Waals surface area contributed by atoms with Gasteiger partial charge in [0.25, 0.3) is 0 Å². The molecule has 0 aliphatic rings. The fourth-order valence-corrected chi connectivity index (χ4v) is 1.87. The van der Waals surface area contributed by atoms with E-state index in [2.05, 4.69) is 6.92 Å². The fraction of sp³-hybridized carbons (Fsp3) is 1.00. The Hall–Kier alpha value is -0.0400. The van der Waals surface area contributed by atoms with Crippen LogP contribution in [0, 0.1) is 0 Å². The highest BCUT2D eigenvalue weighted by atomic mass is 16.2. The summed E-state index contributed by atoms with van der Waals surface area (Å²) < 4.78 is 14.0. The maximum absolute atomic E-state index is 8.89. The number of hydrogen-bond acceptors (Lipinski definition) is 1. The zero-order valence-electron chi connectivity index (χ0n) is 12.4. The van der Waals surface area contributed by atoms with Gasteiger partial charge in [-0.1, -0.05) is 77.6 Å². The Morgan fingerprint density at radius 1 is 0.667 bits per heavy atom. The third-order valence-electron chi connectivity index (χ3n) is 2.89. The molecule has 0 aliphatic heterocycles. The van der Waals surface area contributed by atoms with Crippen LogP contribution in [0.1, 0.15) is 86.7 Å². The molecule has 1 heteroatoms. The Labute approximate surface area is 99.1 Å². The van der Waals surface area contributed by atoms with Gasteiger partial charge in [-0.25, -0.2) is 0 Å². The van der Waals surface area contributed by atoms with Gasteiger partial charge in [-0.05, 0) is 6.42 Å². The van der Waals surface area contributed by atoms with E-state index in [4.69, 9.17) is 7.85 Å². The van der Waals surface area contributed by atoms with Gasteiger partial charge in [-0.3, -0.25) is 0 Å². The van der Waals surface area contributed by atoms with E-state index in [-0.39, 0.29) is 6.42 Å². The first-order chi connectivity index (χ1) is 8.06. The maximum atomic E-state index is 8.89. The lowest BCUT2D eigenvalue weighted by Crippen LogP contribution is -1.84. The Morgan fingerprint density at radius 2 is 1.00 bits per heavy atom. The summed E-state index contributed by atoms with van der Waals surface area (Å²) in [5.74, 6) is 0. The average molecular weight is 216 g/mol. The lowest BCUT2D eigenvalue weighted by atomic mass is 10.1. The first-order valence-electron chi connectivity index (χ1n) is 7.78. The van der Waals surface area contributed by atoms with Crippen LogP contribution in [0.2, 0.25) is 0 Å². The van der Waals surface area contributed by atoms with E-state index >= 15 is 0 Å². The molecule has 1 N–H and O–H groups in total. The molecule has 0 unspecified atom stereocenters. The van der Waals surface area contributed by atoms with Crippen molar-refractivity contribution in [1.82, 2.24) is 0 Å². The molecular weight excluding hydrogens is 184 g/mol. The highest BCUT2D eigenvalue weighted by molar-refractivity contribution is 4.47. The molecule has 1 nitrogen and oxygen atoms in total. The van der Waals surface area contributed by atoms with Crippen LogP contribution in [-0.2, 0) is 0 Å². The Bertz CT molecular complexity index is 155. The van der Waals surface area contributed by atoms with Crippen molar-refractivity contribution in [1.29, 1.82) is 0 Å². The minimum Gasteiger partial charge on any atom is -0.396 e. The quantitative estimate of drug-likeness (QED) is 0.470. The smallest absolute Gasteiger partial charge is 0.0564 e. The van der Waals surface area contributed by atoms with E-state index in [1.807, 2.05) is 0 Å². The van der Waals surface area contributed by atoms with Gasteiger partial charge >= 0.3 is 0 Å². The SMILES string of the molecule is [2H]C([2H])(O)CCCCCCCCCCCCC. The zero-order valence-corrected chi connectivity index (χ0v) is 10.4. The number of hydrogen-bond donors (Lipinski definition) is 1. The summed E-state index contributed by atoms with van der Waals surface area (Å²) in [6.45, 7) is 0.286.